The average molecular weight is 322 g/mol. The van der Waals surface area contributed by atoms with E-state index >= 15 is 0 Å². The minimum atomic E-state index is -3.35. The zero-order valence-corrected chi connectivity index (χ0v) is 13.7. The fraction of sp³-hybridized carbons (Fsp3) is 0.692. The summed E-state index contributed by atoms with van der Waals surface area (Å²) in [4.78, 5) is 0. The van der Waals surface area contributed by atoms with Gasteiger partial charge in [-0.15, -0.1) is 22.9 Å². The zero-order chi connectivity index (χ0) is 14.0. The third-order valence-corrected chi connectivity index (χ3v) is 7.60. The summed E-state index contributed by atoms with van der Waals surface area (Å²) in [7, 11) is -1.65. The summed E-state index contributed by atoms with van der Waals surface area (Å²) < 4.78 is 27.0. The first kappa shape index (κ1) is 15.3. The van der Waals surface area contributed by atoms with Gasteiger partial charge >= 0.3 is 0 Å². The van der Waals surface area contributed by atoms with Crippen molar-refractivity contribution < 1.29 is 8.42 Å². The van der Waals surface area contributed by atoms with Crippen LogP contribution in [0.1, 0.15) is 38.2 Å². The van der Waals surface area contributed by atoms with Crippen LogP contribution >= 0.6 is 22.9 Å². The molecule has 0 aliphatic heterocycles. The number of alkyl halides is 1. The van der Waals surface area contributed by atoms with Gasteiger partial charge < -0.3 is 0 Å². The van der Waals surface area contributed by atoms with Crippen molar-refractivity contribution in [3.05, 3.63) is 17.0 Å². The summed E-state index contributed by atoms with van der Waals surface area (Å²) in [5.74, 6) is 1.08. The fourth-order valence-corrected chi connectivity index (χ4v) is 5.56. The molecular weight excluding hydrogens is 302 g/mol. The van der Waals surface area contributed by atoms with E-state index in [0.29, 0.717) is 10.1 Å². The lowest BCUT2D eigenvalue weighted by molar-refractivity contribution is 0.246. The van der Waals surface area contributed by atoms with E-state index in [9.17, 15) is 8.42 Å². The van der Waals surface area contributed by atoms with Crippen LogP contribution in [0.3, 0.4) is 0 Å². The van der Waals surface area contributed by atoms with Crippen molar-refractivity contribution in [1.29, 1.82) is 0 Å². The van der Waals surface area contributed by atoms with Gasteiger partial charge in [0.05, 0.1) is 0 Å². The van der Waals surface area contributed by atoms with E-state index in [-0.39, 0.29) is 6.04 Å². The summed E-state index contributed by atoms with van der Waals surface area (Å²) in [5.41, 5.74) is 0.871. The Balaban J connectivity index is 2.14. The Kier molecular flexibility index (Phi) is 4.93. The molecule has 1 aliphatic rings. The molecular formula is C13H20ClNO2S2. The van der Waals surface area contributed by atoms with E-state index in [0.717, 1.165) is 37.2 Å². The van der Waals surface area contributed by atoms with Gasteiger partial charge in [0.1, 0.15) is 4.21 Å². The molecule has 1 aromatic heterocycles. The highest BCUT2D eigenvalue weighted by atomic mass is 35.5. The van der Waals surface area contributed by atoms with Crippen molar-refractivity contribution in [2.75, 3.05) is 7.05 Å². The second kappa shape index (κ2) is 6.12. The maximum Gasteiger partial charge on any atom is 0.252 e. The van der Waals surface area contributed by atoms with Crippen LogP contribution in [0.2, 0.25) is 0 Å². The molecule has 0 unspecified atom stereocenters. The van der Waals surface area contributed by atoms with E-state index in [1.165, 1.54) is 11.3 Å². The lowest BCUT2D eigenvalue weighted by Crippen LogP contribution is -2.38. The highest BCUT2D eigenvalue weighted by Gasteiger charge is 2.31. The molecule has 0 bridgehead atoms. The number of hydrogen-bond acceptors (Lipinski definition) is 3. The minimum Gasteiger partial charge on any atom is -0.206 e. The van der Waals surface area contributed by atoms with E-state index in [2.05, 4.69) is 6.92 Å². The molecule has 0 amide bonds. The first-order valence-electron chi connectivity index (χ1n) is 6.56. The van der Waals surface area contributed by atoms with Gasteiger partial charge in [0, 0.05) is 19.0 Å². The number of nitrogens with zero attached hydrogens (tertiary/aromatic N) is 1. The highest BCUT2D eigenvalue weighted by Crippen LogP contribution is 2.31. The van der Waals surface area contributed by atoms with Crippen molar-refractivity contribution in [1.82, 2.24) is 4.31 Å². The number of sulfonamides is 1. The van der Waals surface area contributed by atoms with Gasteiger partial charge in [0.2, 0.25) is 0 Å². The summed E-state index contributed by atoms with van der Waals surface area (Å²) in [6, 6.07) is 1.83. The third kappa shape index (κ3) is 3.32. The molecule has 1 saturated carbocycles. The summed E-state index contributed by atoms with van der Waals surface area (Å²) in [5, 5.41) is 1.82. The molecule has 19 heavy (non-hydrogen) atoms. The number of thiophene rings is 1. The molecule has 0 N–H and O–H groups in total. The lowest BCUT2D eigenvalue weighted by Gasteiger charge is -2.32. The van der Waals surface area contributed by atoms with Gasteiger partial charge in [-0.25, -0.2) is 8.42 Å². The minimum absolute atomic E-state index is 0.141. The number of hydrogen-bond donors (Lipinski definition) is 0. The largest absolute Gasteiger partial charge is 0.252 e. The molecule has 2 rings (SSSR count). The van der Waals surface area contributed by atoms with Crippen LogP contribution in [0, 0.1) is 5.92 Å². The number of rotatable bonds is 4. The van der Waals surface area contributed by atoms with Gasteiger partial charge in [-0.1, -0.05) is 6.92 Å². The van der Waals surface area contributed by atoms with Gasteiger partial charge in [-0.2, -0.15) is 4.31 Å². The van der Waals surface area contributed by atoms with Crippen LogP contribution in [-0.2, 0) is 15.9 Å². The summed E-state index contributed by atoms with van der Waals surface area (Å²) in [6.07, 6.45) is 4.15. The first-order valence-corrected chi connectivity index (χ1v) is 9.42. The Hall–Kier alpha value is -0.100. The smallest absolute Gasteiger partial charge is 0.206 e. The molecule has 0 saturated heterocycles. The lowest BCUT2D eigenvalue weighted by atomic mass is 9.87. The molecule has 1 heterocycles. The van der Waals surface area contributed by atoms with Gasteiger partial charge in [-0.05, 0) is 48.6 Å². The van der Waals surface area contributed by atoms with Crippen LogP contribution in [-0.4, -0.2) is 25.8 Å². The Morgan fingerprint density at radius 3 is 2.53 bits per heavy atom. The van der Waals surface area contributed by atoms with Crippen molar-refractivity contribution >= 4 is 33.0 Å². The van der Waals surface area contributed by atoms with Crippen LogP contribution in [0.25, 0.3) is 0 Å². The predicted molar refractivity (Wildman–Crippen MR) is 80.2 cm³/mol. The number of halogens is 1. The molecule has 0 radical (unpaired) electrons. The summed E-state index contributed by atoms with van der Waals surface area (Å²) >= 11 is 6.99. The molecule has 1 fully saturated rings. The average Bonchev–Trinajstić information content (AvgIpc) is 2.88. The highest BCUT2D eigenvalue weighted by molar-refractivity contribution is 7.91. The summed E-state index contributed by atoms with van der Waals surface area (Å²) in [6.45, 7) is 2.23. The van der Waals surface area contributed by atoms with Gasteiger partial charge in [0.25, 0.3) is 10.0 Å². The molecule has 1 aromatic rings. The third-order valence-electron chi connectivity index (χ3n) is 3.92. The zero-order valence-electron chi connectivity index (χ0n) is 11.3. The molecule has 6 heteroatoms. The Bertz CT molecular complexity index is 519. The topological polar surface area (TPSA) is 37.4 Å². The van der Waals surface area contributed by atoms with Gasteiger partial charge in [0.15, 0.2) is 0 Å². The Labute approximate surface area is 124 Å². The predicted octanol–water partition coefficient (Wildman–Crippen LogP) is 3.69. The fourth-order valence-electron chi connectivity index (χ4n) is 2.50. The normalized spacial score (nSPS) is 24.8. The van der Waals surface area contributed by atoms with Crippen molar-refractivity contribution in [2.24, 2.45) is 5.92 Å². The molecule has 0 aromatic carbocycles. The second-order valence-electron chi connectivity index (χ2n) is 5.34. The quantitative estimate of drug-likeness (QED) is 0.793. The maximum absolute atomic E-state index is 12.5. The molecule has 0 atom stereocenters. The molecule has 0 spiro atoms. The van der Waals surface area contributed by atoms with Crippen LogP contribution in [0.4, 0.5) is 0 Å². The van der Waals surface area contributed by atoms with E-state index in [1.807, 2.05) is 5.38 Å². The van der Waals surface area contributed by atoms with Crippen LogP contribution < -0.4 is 0 Å². The van der Waals surface area contributed by atoms with E-state index in [4.69, 9.17) is 11.6 Å². The van der Waals surface area contributed by atoms with Crippen molar-refractivity contribution in [2.45, 2.75) is 48.7 Å². The van der Waals surface area contributed by atoms with E-state index in [1.54, 1.807) is 17.4 Å². The molecule has 3 nitrogen and oxygen atoms in total. The van der Waals surface area contributed by atoms with Crippen molar-refractivity contribution in [3.63, 3.8) is 0 Å². The van der Waals surface area contributed by atoms with Crippen LogP contribution in [0.15, 0.2) is 15.7 Å². The van der Waals surface area contributed by atoms with Crippen molar-refractivity contribution in [3.8, 4) is 0 Å². The SMILES string of the molecule is CC1CCC(N(C)S(=O)(=O)c2cc(CCl)cs2)CC1. The molecule has 1 aliphatic carbocycles. The van der Waals surface area contributed by atoms with Gasteiger partial charge in [-0.3, -0.25) is 0 Å². The Morgan fingerprint density at radius 2 is 2.00 bits per heavy atom. The standard InChI is InChI=1S/C13H20ClNO2S2/c1-10-3-5-12(6-4-10)15(2)19(16,17)13-7-11(8-14)9-18-13/h7,9-10,12H,3-6,8H2,1-2H3. The maximum atomic E-state index is 12.5. The van der Waals surface area contributed by atoms with Crippen LogP contribution in [0.5, 0.6) is 0 Å². The second-order valence-corrected chi connectivity index (χ2v) is 8.75. The monoisotopic (exact) mass is 321 g/mol. The first-order chi connectivity index (χ1) is 8.95. The Morgan fingerprint density at radius 1 is 1.37 bits per heavy atom. The van der Waals surface area contributed by atoms with E-state index < -0.39 is 10.0 Å². The molecule has 108 valence electrons.